The van der Waals surface area contributed by atoms with Gasteiger partial charge >= 0.3 is 6.03 Å². The lowest BCUT2D eigenvalue weighted by Crippen LogP contribution is -2.29. The Kier molecular flexibility index (Phi) is 5.77. The van der Waals surface area contributed by atoms with Crippen LogP contribution in [0.1, 0.15) is 33.5 Å². The van der Waals surface area contributed by atoms with Crippen molar-refractivity contribution >= 4 is 24.2 Å². The summed E-state index contributed by atoms with van der Waals surface area (Å²) < 4.78 is 1.30. The Labute approximate surface area is 129 Å². The van der Waals surface area contributed by atoms with E-state index in [-0.39, 0.29) is 11.4 Å². The Balaban J connectivity index is 3.07. The third kappa shape index (κ3) is 4.45. The van der Waals surface area contributed by atoms with Gasteiger partial charge in [0.15, 0.2) is 11.0 Å². The molecule has 0 atom stereocenters. The Hall–Kier alpha value is -1.57. The van der Waals surface area contributed by atoms with Gasteiger partial charge in [0.1, 0.15) is 0 Å². The molecule has 0 unspecified atom stereocenters. The fourth-order valence-electron chi connectivity index (χ4n) is 1.36. The molecule has 8 heteroatoms. The molecule has 2 amide bonds. The van der Waals surface area contributed by atoms with E-state index in [9.17, 15) is 9.59 Å². The first-order valence-electron chi connectivity index (χ1n) is 6.72. The lowest BCUT2D eigenvalue weighted by Gasteiger charge is -2.14. The first-order valence-corrected chi connectivity index (χ1v) is 7.70. The van der Waals surface area contributed by atoms with E-state index in [1.807, 2.05) is 27.7 Å². The SMILES string of the molecule is CCN(C=O)CSc1nc(C(C)(C)C)nn1C(=O)N(C)C. The Morgan fingerprint density at radius 2 is 2.00 bits per heavy atom. The number of amides is 2. The lowest BCUT2D eigenvalue weighted by molar-refractivity contribution is -0.117. The molecule has 0 N–H and O–H groups in total. The average Bonchev–Trinajstić information content (AvgIpc) is 2.83. The van der Waals surface area contributed by atoms with Gasteiger partial charge in [-0.25, -0.2) is 9.78 Å². The molecule has 118 valence electrons. The van der Waals surface area contributed by atoms with Crippen LogP contribution in [0.15, 0.2) is 5.16 Å². The molecule has 7 nitrogen and oxygen atoms in total. The molecule has 0 saturated carbocycles. The van der Waals surface area contributed by atoms with Crippen LogP contribution < -0.4 is 0 Å². The summed E-state index contributed by atoms with van der Waals surface area (Å²) in [5, 5.41) is 4.82. The summed E-state index contributed by atoms with van der Waals surface area (Å²) in [5.41, 5.74) is -0.248. The second-order valence-corrected chi connectivity index (χ2v) is 6.75. The van der Waals surface area contributed by atoms with Crippen molar-refractivity contribution in [2.75, 3.05) is 26.5 Å². The minimum absolute atomic E-state index is 0.248. The summed E-state index contributed by atoms with van der Waals surface area (Å²) in [5.74, 6) is 1.04. The summed E-state index contributed by atoms with van der Waals surface area (Å²) in [6.45, 7) is 8.48. The van der Waals surface area contributed by atoms with Crippen molar-refractivity contribution in [2.24, 2.45) is 0 Å². The number of hydrogen-bond acceptors (Lipinski definition) is 5. The second-order valence-electron chi connectivity index (χ2n) is 5.84. The number of hydrogen-bond donors (Lipinski definition) is 0. The molecule has 0 aliphatic rings. The molecular formula is C13H23N5O2S. The highest BCUT2D eigenvalue weighted by atomic mass is 32.2. The first-order chi connectivity index (χ1) is 9.70. The lowest BCUT2D eigenvalue weighted by atomic mass is 9.96. The highest BCUT2D eigenvalue weighted by Crippen LogP contribution is 2.23. The zero-order valence-electron chi connectivity index (χ0n) is 13.5. The Bertz CT molecular complexity index is 507. The summed E-state index contributed by atoms with van der Waals surface area (Å²) in [6, 6.07) is -0.255. The van der Waals surface area contributed by atoms with Crippen LogP contribution in [0.25, 0.3) is 0 Å². The maximum Gasteiger partial charge on any atom is 0.346 e. The van der Waals surface area contributed by atoms with E-state index in [4.69, 9.17) is 0 Å². The van der Waals surface area contributed by atoms with Gasteiger partial charge in [-0.05, 0) is 6.92 Å². The van der Waals surface area contributed by atoms with Gasteiger partial charge < -0.3 is 9.80 Å². The summed E-state index contributed by atoms with van der Waals surface area (Å²) in [7, 11) is 3.33. The van der Waals surface area contributed by atoms with E-state index >= 15 is 0 Å². The zero-order chi connectivity index (χ0) is 16.2. The topological polar surface area (TPSA) is 71.3 Å². The van der Waals surface area contributed by atoms with Crippen molar-refractivity contribution < 1.29 is 9.59 Å². The van der Waals surface area contributed by atoms with Crippen molar-refractivity contribution in [3.8, 4) is 0 Å². The summed E-state index contributed by atoms with van der Waals surface area (Å²) in [6.07, 6.45) is 0.784. The molecule has 21 heavy (non-hydrogen) atoms. The largest absolute Gasteiger partial charge is 0.346 e. The first kappa shape index (κ1) is 17.5. The third-order valence-corrected chi connectivity index (χ3v) is 3.71. The number of nitrogens with zero attached hydrogens (tertiary/aromatic N) is 5. The molecule has 0 aliphatic heterocycles. The number of thioether (sulfide) groups is 1. The maximum absolute atomic E-state index is 12.2. The summed E-state index contributed by atoms with van der Waals surface area (Å²) >= 11 is 1.32. The smallest absolute Gasteiger partial charge is 0.336 e. The van der Waals surface area contributed by atoms with E-state index < -0.39 is 0 Å². The van der Waals surface area contributed by atoms with Crippen LogP contribution in [0.2, 0.25) is 0 Å². The Morgan fingerprint density at radius 1 is 1.38 bits per heavy atom. The van der Waals surface area contributed by atoms with Crippen LogP contribution in [0.4, 0.5) is 4.79 Å². The van der Waals surface area contributed by atoms with E-state index in [1.165, 1.54) is 21.3 Å². The molecular weight excluding hydrogens is 290 g/mol. The van der Waals surface area contributed by atoms with E-state index in [1.54, 1.807) is 19.0 Å². The van der Waals surface area contributed by atoms with Crippen molar-refractivity contribution in [3.63, 3.8) is 0 Å². The molecule has 1 aromatic heterocycles. The predicted molar refractivity (Wildman–Crippen MR) is 82.4 cm³/mol. The van der Waals surface area contributed by atoms with Gasteiger partial charge in [0.05, 0.1) is 5.88 Å². The van der Waals surface area contributed by atoms with Gasteiger partial charge in [0, 0.05) is 26.1 Å². The molecule has 0 aromatic carbocycles. The van der Waals surface area contributed by atoms with Gasteiger partial charge in [-0.2, -0.15) is 4.68 Å². The van der Waals surface area contributed by atoms with Crippen LogP contribution >= 0.6 is 11.8 Å². The minimum Gasteiger partial charge on any atom is -0.336 e. The zero-order valence-corrected chi connectivity index (χ0v) is 14.3. The Morgan fingerprint density at radius 3 is 2.43 bits per heavy atom. The number of carbonyl (C=O) groups excluding carboxylic acids is 2. The van der Waals surface area contributed by atoms with Gasteiger partial charge in [0.25, 0.3) is 0 Å². The molecule has 1 rings (SSSR count). The molecule has 1 heterocycles. The van der Waals surface area contributed by atoms with Crippen LogP contribution in [0, 0.1) is 0 Å². The van der Waals surface area contributed by atoms with Gasteiger partial charge in [0.2, 0.25) is 6.41 Å². The van der Waals surface area contributed by atoms with Crippen molar-refractivity contribution in [1.82, 2.24) is 24.6 Å². The van der Waals surface area contributed by atoms with Crippen LogP contribution in [0.5, 0.6) is 0 Å². The molecule has 0 bridgehead atoms. The predicted octanol–water partition coefficient (Wildman–Crippen LogP) is 1.63. The number of carbonyl (C=O) groups is 2. The maximum atomic E-state index is 12.2. The highest BCUT2D eigenvalue weighted by Gasteiger charge is 2.25. The van der Waals surface area contributed by atoms with E-state index in [2.05, 4.69) is 10.1 Å². The normalized spacial score (nSPS) is 11.3. The second kappa shape index (κ2) is 6.93. The van der Waals surface area contributed by atoms with E-state index in [0.717, 1.165) is 6.41 Å². The molecule has 0 saturated heterocycles. The van der Waals surface area contributed by atoms with Gasteiger partial charge in [-0.15, -0.1) is 5.10 Å². The van der Waals surface area contributed by atoms with Crippen LogP contribution in [-0.4, -0.2) is 63.5 Å². The van der Waals surface area contributed by atoms with Crippen molar-refractivity contribution in [1.29, 1.82) is 0 Å². The number of rotatable bonds is 5. The van der Waals surface area contributed by atoms with Crippen molar-refractivity contribution in [2.45, 2.75) is 38.3 Å². The minimum atomic E-state index is -0.255. The van der Waals surface area contributed by atoms with Crippen LogP contribution in [0.3, 0.4) is 0 Å². The van der Waals surface area contributed by atoms with Gasteiger partial charge in [-0.1, -0.05) is 32.5 Å². The quantitative estimate of drug-likeness (QED) is 0.469. The third-order valence-electron chi connectivity index (χ3n) is 2.73. The fourth-order valence-corrected chi connectivity index (χ4v) is 2.28. The standard InChI is InChI=1S/C13H23N5O2S/c1-7-17(8-19)9-21-11-14-10(13(2,3)4)15-18(11)12(20)16(5)6/h8H,7,9H2,1-6H3. The molecule has 1 aromatic rings. The summed E-state index contributed by atoms with van der Waals surface area (Å²) in [4.78, 5) is 30.5. The highest BCUT2D eigenvalue weighted by molar-refractivity contribution is 7.99. The van der Waals surface area contributed by atoms with E-state index in [0.29, 0.717) is 23.4 Å². The molecule has 0 fully saturated rings. The van der Waals surface area contributed by atoms with Crippen molar-refractivity contribution in [3.05, 3.63) is 5.82 Å². The molecule has 0 spiro atoms. The number of aromatic nitrogens is 3. The molecule has 0 aliphatic carbocycles. The fraction of sp³-hybridized carbons (Fsp3) is 0.692. The molecule has 0 radical (unpaired) electrons. The van der Waals surface area contributed by atoms with Gasteiger partial charge in [-0.3, -0.25) is 4.79 Å². The average molecular weight is 313 g/mol. The monoisotopic (exact) mass is 313 g/mol. The van der Waals surface area contributed by atoms with Crippen LogP contribution in [-0.2, 0) is 10.2 Å².